The molecule has 0 fully saturated rings. The molecule has 0 amide bonds. The predicted molar refractivity (Wildman–Crippen MR) is 84.0 cm³/mol. The second-order valence-electron chi connectivity index (χ2n) is 3.84. The van der Waals surface area contributed by atoms with Crippen LogP contribution in [0.1, 0.15) is 5.56 Å². The van der Waals surface area contributed by atoms with E-state index in [0.29, 0.717) is 21.0 Å². The molecule has 0 unspecified atom stereocenters. The number of benzene rings is 2. The summed E-state index contributed by atoms with van der Waals surface area (Å²) in [6.07, 6.45) is 0. The molecule has 0 aliphatic rings. The Labute approximate surface area is 126 Å². The molecule has 0 atom stereocenters. The van der Waals surface area contributed by atoms with Gasteiger partial charge in [-0.25, -0.2) is 4.99 Å². The zero-order valence-electron chi connectivity index (χ0n) is 10.1. The molecule has 0 radical (unpaired) electrons. The molecule has 2 aromatic rings. The van der Waals surface area contributed by atoms with Crippen LogP contribution in [-0.4, -0.2) is 5.17 Å². The summed E-state index contributed by atoms with van der Waals surface area (Å²) in [5, 5.41) is 1.93. The molecule has 2 nitrogen and oxygen atoms in total. The van der Waals surface area contributed by atoms with E-state index in [-0.39, 0.29) is 0 Å². The van der Waals surface area contributed by atoms with E-state index < -0.39 is 0 Å². The highest BCUT2D eigenvalue weighted by Crippen LogP contribution is 2.27. The van der Waals surface area contributed by atoms with Gasteiger partial charge >= 0.3 is 5.17 Å². The fourth-order valence-corrected chi connectivity index (χ4v) is 3.01. The molecule has 2 aromatic carbocycles. The topological polar surface area (TPSA) is 40.0 Å². The third kappa shape index (κ3) is 4.16. The highest BCUT2D eigenvalue weighted by atomic mass is 35.5. The third-order valence-electron chi connectivity index (χ3n) is 2.48. The first kappa shape index (κ1) is 14.3. The highest BCUT2D eigenvalue weighted by molar-refractivity contribution is 8.12. The Kier molecular flexibility index (Phi) is 5.14. The van der Waals surface area contributed by atoms with E-state index in [4.69, 9.17) is 28.9 Å². The van der Waals surface area contributed by atoms with Crippen molar-refractivity contribution >= 4 is 45.8 Å². The van der Waals surface area contributed by atoms with Gasteiger partial charge in [0.2, 0.25) is 0 Å². The van der Waals surface area contributed by atoms with Crippen LogP contribution in [-0.2, 0) is 5.75 Å². The number of nitrogens with two attached hydrogens (primary N) is 1. The molecule has 2 rings (SSSR count). The summed E-state index contributed by atoms with van der Waals surface area (Å²) < 4.78 is 0. The van der Waals surface area contributed by atoms with Crippen LogP contribution in [0.4, 0.5) is 5.69 Å². The quantitative estimate of drug-likeness (QED) is 0.676. The molecule has 0 aromatic heterocycles. The van der Waals surface area contributed by atoms with E-state index in [1.807, 2.05) is 48.5 Å². The molecule has 0 aliphatic heterocycles. The normalized spacial score (nSPS) is 11.6. The maximum atomic E-state index is 6.10. The molecule has 3 N–H and O–H groups in total. The van der Waals surface area contributed by atoms with Gasteiger partial charge in [0.1, 0.15) is 5.69 Å². The van der Waals surface area contributed by atoms with Crippen LogP contribution < -0.4 is 10.7 Å². The van der Waals surface area contributed by atoms with Crippen molar-refractivity contribution in [2.75, 3.05) is 0 Å². The Bertz CT molecular complexity index is 565. The molecule has 0 saturated heterocycles. The van der Waals surface area contributed by atoms with Gasteiger partial charge in [0.25, 0.3) is 0 Å². The minimum atomic E-state index is 0.613. The van der Waals surface area contributed by atoms with Crippen LogP contribution in [0.2, 0.25) is 10.0 Å². The Morgan fingerprint density at radius 2 is 1.63 bits per heavy atom. The molecule has 5 heteroatoms. The number of rotatable bonds is 3. The Morgan fingerprint density at radius 1 is 1.00 bits per heavy atom. The van der Waals surface area contributed by atoms with E-state index in [2.05, 4.69) is 4.99 Å². The van der Waals surface area contributed by atoms with Crippen LogP contribution in [0.3, 0.4) is 0 Å². The molecular formula is C14H13Cl2N2S+. The van der Waals surface area contributed by atoms with Crippen molar-refractivity contribution < 1.29 is 4.99 Å². The minimum absolute atomic E-state index is 0.613. The lowest BCUT2D eigenvalue weighted by atomic mass is 10.2. The van der Waals surface area contributed by atoms with Crippen molar-refractivity contribution in [3.8, 4) is 0 Å². The van der Waals surface area contributed by atoms with Gasteiger partial charge in [-0.2, -0.15) is 0 Å². The largest absolute Gasteiger partial charge is 0.307 e. The zero-order chi connectivity index (χ0) is 13.7. The first-order valence-electron chi connectivity index (χ1n) is 5.67. The Hall–Kier alpha value is -1.16. The van der Waals surface area contributed by atoms with Gasteiger partial charge in [0, 0.05) is 15.8 Å². The lowest BCUT2D eigenvalue weighted by Gasteiger charge is -2.04. The van der Waals surface area contributed by atoms with E-state index in [9.17, 15) is 0 Å². The smallest absolute Gasteiger partial charge is 0.281 e. The summed E-state index contributed by atoms with van der Waals surface area (Å²) in [5.74, 6) is 0.629. The number of hydrogen-bond donors (Lipinski definition) is 2. The number of halogens is 2. The standard InChI is InChI=1S/C14H12Cl2N2S/c15-12-7-4-8-13(16)11(12)9-19-14(17)18-10-5-2-1-3-6-10/h1-8H,9H2,(H2,17,18)/p+1. The summed E-state index contributed by atoms with van der Waals surface area (Å²) in [7, 11) is 0. The molecular weight excluding hydrogens is 299 g/mol. The summed E-state index contributed by atoms with van der Waals surface area (Å²) in [5.41, 5.74) is 7.79. The van der Waals surface area contributed by atoms with E-state index in [0.717, 1.165) is 11.3 Å². The van der Waals surface area contributed by atoms with Crippen LogP contribution in [0.25, 0.3) is 0 Å². The van der Waals surface area contributed by atoms with Crippen molar-refractivity contribution in [3.05, 3.63) is 64.1 Å². The van der Waals surface area contributed by atoms with Crippen LogP contribution in [0.15, 0.2) is 48.5 Å². The van der Waals surface area contributed by atoms with Crippen molar-refractivity contribution in [3.63, 3.8) is 0 Å². The summed E-state index contributed by atoms with van der Waals surface area (Å²) in [4.78, 5) is 3.12. The monoisotopic (exact) mass is 311 g/mol. The van der Waals surface area contributed by atoms with Gasteiger partial charge < -0.3 is 0 Å². The lowest BCUT2D eigenvalue weighted by Crippen LogP contribution is -2.68. The number of thioether (sulfide) groups is 1. The molecule has 19 heavy (non-hydrogen) atoms. The number of amidine groups is 1. The number of hydrogen-bond acceptors (Lipinski definition) is 1. The van der Waals surface area contributed by atoms with Crippen LogP contribution in [0, 0.1) is 0 Å². The summed E-state index contributed by atoms with van der Waals surface area (Å²) in [6.45, 7) is 0. The van der Waals surface area contributed by atoms with Gasteiger partial charge in [0.05, 0.1) is 0 Å². The summed E-state index contributed by atoms with van der Waals surface area (Å²) >= 11 is 13.7. The van der Waals surface area contributed by atoms with Crippen molar-refractivity contribution in [2.45, 2.75) is 5.75 Å². The minimum Gasteiger partial charge on any atom is -0.281 e. The Balaban J connectivity index is 2.05. The lowest BCUT2D eigenvalue weighted by molar-refractivity contribution is -0.351. The van der Waals surface area contributed by atoms with Crippen molar-refractivity contribution in [2.24, 2.45) is 5.73 Å². The van der Waals surface area contributed by atoms with Crippen molar-refractivity contribution in [1.82, 2.24) is 0 Å². The first-order chi connectivity index (χ1) is 9.16. The second-order valence-corrected chi connectivity index (χ2v) is 5.68. The Morgan fingerprint density at radius 3 is 2.26 bits per heavy atom. The van der Waals surface area contributed by atoms with Crippen LogP contribution >= 0.6 is 35.0 Å². The van der Waals surface area contributed by atoms with Crippen molar-refractivity contribution in [1.29, 1.82) is 0 Å². The molecule has 0 bridgehead atoms. The number of para-hydroxylation sites is 1. The number of nitrogens with one attached hydrogen (secondary N) is 1. The predicted octanol–water partition coefficient (Wildman–Crippen LogP) is 2.95. The summed E-state index contributed by atoms with van der Waals surface area (Å²) in [6, 6.07) is 15.2. The average molecular weight is 312 g/mol. The molecule has 0 heterocycles. The second kappa shape index (κ2) is 6.85. The van der Waals surface area contributed by atoms with Gasteiger partial charge in [-0.15, -0.1) is 0 Å². The fourth-order valence-electron chi connectivity index (χ4n) is 1.52. The fraction of sp³-hybridized carbons (Fsp3) is 0.0714. The van der Waals surface area contributed by atoms with E-state index >= 15 is 0 Å². The SMILES string of the molecule is NC(=[NH+]c1ccccc1)SCc1c(Cl)cccc1Cl. The average Bonchev–Trinajstić information content (AvgIpc) is 2.39. The van der Waals surface area contributed by atoms with Gasteiger partial charge in [0.15, 0.2) is 0 Å². The van der Waals surface area contributed by atoms with Gasteiger partial charge in [-0.1, -0.05) is 47.5 Å². The zero-order valence-corrected chi connectivity index (χ0v) is 12.4. The van der Waals surface area contributed by atoms with E-state index in [1.54, 1.807) is 0 Å². The highest BCUT2D eigenvalue weighted by Gasteiger charge is 2.08. The van der Waals surface area contributed by atoms with Crippen LogP contribution in [0.5, 0.6) is 0 Å². The third-order valence-corrected chi connectivity index (χ3v) is 4.03. The van der Waals surface area contributed by atoms with E-state index in [1.165, 1.54) is 11.8 Å². The molecule has 0 spiro atoms. The van der Waals surface area contributed by atoms with Gasteiger partial charge in [-0.05, 0) is 41.6 Å². The van der Waals surface area contributed by atoms with Gasteiger partial charge in [-0.3, -0.25) is 5.73 Å². The molecule has 0 aliphatic carbocycles. The maximum Gasteiger partial charge on any atom is 0.307 e. The molecule has 98 valence electrons. The first-order valence-corrected chi connectivity index (χ1v) is 7.41. The maximum absolute atomic E-state index is 6.10. The molecule has 0 saturated carbocycles.